The van der Waals surface area contributed by atoms with Crippen LogP contribution in [0.5, 0.6) is 0 Å². The zero-order valence-electron chi connectivity index (χ0n) is 12.9. The molecule has 3 N–H and O–H groups in total. The number of hydrogen-bond donors (Lipinski definition) is 2. The number of carbonyl (C=O) groups is 2. The van der Waals surface area contributed by atoms with Crippen molar-refractivity contribution in [3.8, 4) is 0 Å². The molecule has 24 heavy (non-hydrogen) atoms. The number of thiazole rings is 1. The van der Waals surface area contributed by atoms with Crippen LogP contribution in [0.3, 0.4) is 0 Å². The number of hydrogen-bond acceptors (Lipinski definition) is 4. The molecule has 0 saturated heterocycles. The standard InChI is InChI=1S/C18H17N3O2S/c19-18(23)17(12-6-2-1-3-7-12)21-15(22)10-11-16-20-13-8-4-5-9-14(13)24-16/h1-9,17H,10-11H2,(H2,19,23)(H,21,22). The lowest BCUT2D eigenvalue weighted by Gasteiger charge is -2.15. The Labute approximate surface area is 143 Å². The van der Waals surface area contributed by atoms with E-state index >= 15 is 0 Å². The first kappa shape index (κ1) is 16.1. The number of aryl methyl sites for hydroxylation is 1. The predicted molar refractivity (Wildman–Crippen MR) is 94.5 cm³/mol. The lowest BCUT2D eigenvalue weighted by molar-refractivity contribution is -0.127. The quantitative estimate of drug-likeness (QED) is 0.724. The molecule has 0 aliphatic rings. The number of amides is 2. The Kier molecular flexibility index (Phi) is 4.86. The third kappa shape index (κ3) is 3.78. The van der Waals surface area contributed by atoms with Crippen molar-refractivity contribution in [2.45, 2.75) is 18.9 Å². The maximum Gasteiger partial charge on any atom is 0.244 e. The predicted octanol–water partition coefficient (Wildman–Crippen LogP) is 2.57. The number of para-hydroxylation sites is 1. The second-order valence-corrected chi connectivity index (χ2v) is 6.50. The number of rotatable bonds is 6. The van der Waals surface area contributed by atoms with Gasteiger partial charge in [-0.2, -0.15) is 0 Å². The SMILES string of the molecule is NC(=O)C(NC(=O)CCc1nc2ccccc2s1)c1ccccc1. The first-order valence-corrected chi connectivity index (χ1v) is 8.43. The Hall–Kier alpha value is -2.73. The molecule has 0 bridgehead atoms. The van der Waals surface area contributed by atoms with E-state index in [1.54, 1.807) is 35.6 Å². The van der Waals surface area contributed by atoms with Crippen molar-refractivity contribution < 1.29 is 9.59 Å². The van der Waals surface area contributed by atoms with E-state index in [-0.39, 0.29) is 12.3 Å². The molecule has 3 rings (SSSR count). The molecule has 6 heteroatoms. The fourth-order valence-electron chi connectivity index (χ4n) is 2.44. The maximum atomic E-state index is 12.2. The summed E-state index contributed by atoms with van der Waals surface area (Å²) >= 11 is 1.58. The molecule has 5 nitrogen and oxygen atoms in total. The van der Waals surface area contributed by atoms with E-state index in [9.17, 15) is 9.59 Å². The summed E-state index contributed by atoms with van der Waals surface area (Å²) in [4.78, 5) is 28.3. The summed E-state index contributed by atoms with van der Waals surface area (Å²) in [7, 11) is 0. The van der Waals surface area contributed by atoms with Gasteiger partial charge in [0.1, 0.15) is 6.04 Å². The number of aromatic nitrogens is 1. The number of fused-ring (bicyclic) bond motifs is 1. The van der Waals surface area contributed by atoms with E-state index in [4.69, 9.17) is 5.73 Å². The number of nitrogens with one attached hydrogen (secondary N) is 1. The van der Waals surface area contributed by atoms with Crippen LogP contribution in [0.2, 0.25) is 0 Å². The highest BCUT2D eigenvalue weighted by Crippen LogP contribution is 2.22. The van der Waals surface area contributed by atoms with Crippen molar-refractivity contribution in [3.63, 3.8) is 0 Å². The zero-order chi connectivity index (χ0) is 16.9. The van der Waals surface area contributed by atoms with Crippen molar-refractivity contribution in [2.24, 2.45) is 5.73 Å². The number of carbonyl (C=O) groups excluding carboxylic acids is 2. The van der Waals surface area contributed by atoms with Crippen LogP contribution < -0.4 is 11.1 Å². The molecule has 1 atom stereocenters. The molecule has 0 fully saturated rings. The highest BCUT2D eigenvalue weighted by molar-refractivity contribution is 7.18. The summed E-state index contributed by atoms with van der Waals surface area (Å²) in [6.45, 7) is 0. The van der Waals surface area contributed by atoms with Crippen LogP contribution in [-0.2, 0) is 16.0 Å². The molecule has 1 unspecified atom stereocenters. The molecule has 3 aromatic rings. The van der Waals surface area contributed by atoms with Gasteiger partial charge in [-0.05, 0) is 17.7 Å². The smallest absolute Gasteiger partial charge is 0.244 e. The third-order valence-corrected chi connectivity index (χ3v) is 4.72. The van der Waals surface area contributed by atoms with Crippen molar-refractivity contribution >= 4 is 33.4 Å². The molecular weight excluding hydrogens is 322 g/mol. The third-order valence-electron chi connectivity index (χ3n) is 3.63. The molecule has 122 valence electrons. The summed E-state index contributed by atoms with van der Waals surface area (Å²) in [5, 5.41) is 3.60. The van der Waals surface area contributed by atoms with Crippen LogP contribution in [0.4, 0.5) is 0 Å². The molecule has 0 aliphatic heterocycles. The Morgan fingerprint density at radius 2 is 1.79 bits per heavy atom. The molecule has 0 aliphatic carbocycles. The summed E-state index contributed by atoms with van der Waals surface area (Å²) in [5.41, 5.74) is 7.03. The van der Waals surface area contributed by atoms with E-state index in [2.05, 4.69) is 10.3 Å². The normalized spacial score (nSPS) is 12.0. The van der Waals surface area contributed by atoms with Crippen molar-refractivity contribution in [3.05, 3.63) is 65.2 Å². The number of nitrogens with zero attached hydrogens (tertiary/aromatic N) is 1. The van der Waals surface area contributed by atoms with Crippen LogP contribution in [0.1, 0.15) is 23.0 Å². The van der Waals surface area contributed by atoms with E-state index in [1.165, 1.54) is 0 Å². The summed E-state index contributed by atoms with van der Waals surface area (Å²) in [6.07, 6.45) is 0.794. The Bertz CT molecular complexity index is 828. The fourth-order valence-corrected chi connectivity index (χ4v) is 3.41. The minimum atomic E-state index is -0.811. The monoisotopic (exact) mass is 339 g/mol. The zero-order valence-corrected chi connectivity index (χ0v) is 13.8. The molecule has 0 radical (unpaired) electrons. The lowest BCUT2D eigenvalue weighted by atomic mass is 10.1. The topological polar surface area (TPSA) is 85.1 Å². The molecule has 1 aromatic heterocycles. The maximum absolute atomic E-state index is 12.2. The van der Waals surface area contributed by atoms with Gasteiger partial charge in [-0.15, -0.1) is 11.3 Å². The summed E-state index contributed by atoms with van der Waals surface area (Å²) in [5.74, 6) is -0.795. The average Bonchev–Trinajstić information content (AvgIpc) is 3.01. The largest absolute Gasteiger partial charge is 0.368 e. The van der Waals surface area contributed by atoms with Crippen molar-refractivity contribution in [1.82, 2.24) is 10.3 Å². The molecule has 2 aromatic carbocycles. The highest BCUT2D eigenvalue weighted by Gasteiger charge is 2.20. The van der Waals surface area contributed by atoms with E-state index in [0.717, 1.165) is 15.2 Å². The minimum absolute atomic E-state index is 0.220. The number of nitrogens with two attached hydrogens (primary N) is 1. The van der Waals surface area contributed by atoms with Crippen LogP contribution >= 0.6 is 11.3 Å². The van der Waals surface area contributed by atoms with E-state index in [1.807, 2.05) is 30.3 Å². The van der Waals surface area contributed by atoms with Gasteiger partial charge >= 0.3 is 0 Å². The second kappa shape index (κ2) is 7.23. The molecule has 0 spiro atoms. The van der Waals surface area contributed by atoms with Crippen molar-refractivity contribution in [1.29, 1.82) is 0 Å². The van der Waals surface area contributed by atoms with Crippen LogP contribution in [-0.4, -0.2) is 16.8 Å². The first-order chi connectivity index (χ1) is 11.6. The van der Waals surface area contributed by atoms with Crippen LogP contribution in [0.25, 0.3) is 10.2 Å². The molecule has 1 heterocycles. The minimum Gasteiger partial charge on any atom is -0.368 e. The number of primary amides is 1. The van der Waals surface area contributed by atoms with E-state index < -0.39 is 11.9 Å². The van der Waals surface area contributed by atoms with Crippen LogP contribution in [0.15, 0.2) is 54.6 Å². The Morgan fingerprint density at radius 1 is 1.08 bits per heavy atom. The Balaban J connectivity index is 1.62. The molecule has 2 amide bonds. The van der Waals surface area contributed by atoms with E-state index in [0.29, 0.717) is 12.0 Å². The fraction of sp³-hybridized carbons (Fsp3) is 0.167. The van der Waals surface area contributed by atoms with Crippen molar-refractivity contribution in [2.75, 3.05) is 0 Å². The van der Waals surface area contributed by atoms with Gasteiger partial charge in [-0.1, -0.05) is 42.5 Å². The molecular formula is C18H17N3O2S. The van der Waals surface area contributed by atoms with Gasteiger partial charge in [0, 0.05) is 12.8 Å². The van der Waals surface area contributed by atoms with Gasteiger partial charge in [0.05, 0.1) is 15.2 Å². The second-order valence-electron chi connectivity index (χ2n) is 5.39. The number of benzene rings is 2. The lowest BCUT2D eigenvalue weighted by Crippen LogP contribution is -2.37. The van der Waals surface area contributed by atoms with Gasteiger partial charge in [0.2, 0.25) is 11.8 Å². The first-order valence-electron chi connectivity index (χ1n) is 7.61. The van der Waals surface area contributed by atoms with Gasteiger partial charge in [-0.25, -0.2) is 4.98 Å². The van der Waals surface area contributed by atoms with Crippen LogP contribution in [0, 0.1) is 0 Å². The Morgan fingerprint density at radius 3 is 2.50 bits per heavy atom. The van der Waals surface area contributed by atoms with Gasteiger partial charge < -0.3 is 11.1 Å². The molecule has 0 saturated carbocycles. The average molecular weight is 339 g/mol. The van der Waals surface area contributed by atoms with Gasteiger partial charge in [0.25, 0.3) is 0 Å². The van der Waals surface area contributed by atoms with Gasteiger partial charge in [0.15, 0.2) is 0 Å². The summed E-state index contributed by atoms with van der Waals surface area (Å²) in [6, 6.07) is 16.0. The highest BCUT2D eigenvalue weighted by atomic mass is 32.1. The van der Waals surface area contributed by atoms with Gasteiger partial charge in [-0.3, -0.25) is 9.59 Å². The summed E-state index contributed by atoms with van der Waals surface area (Å²) < 4.78 is 1.10.